The van der Waals surface area contributed by atoms with Crippen molar-refractivity contribution < 1.29 is 34.4 Å². The second-order valence-electron chi connectivity index (χ2n) is 16.1. The SMILES string of the molecule is CCC(C)(CC)C(=O)/C=C(\O)C(C)(CC)CC.Cc1ccc2c(n1)oc1c(-c3nc(C(C)C)nc4c3ccc3cccc([Si](C)(C)C)c34)[c-]ccc12.[Ir]. The van der Waals surface area contributed by atoms with Crippen molar-refractivity contribution in [3.05, 3.63) is 84.0 Å². The normalized spacial score (nSPS) is 12.7. The maximum Gasteiger partial charge on any atom is 0.216 e. The first-order valence-corrected chi connectivity index (χ1v) is 22.4. The van der Waals surface area contributed by atoms with Gasteiger partial charge in [0.2, 0.25) is 5.71 Å². The summed E-state index contributed by atoms with van der Waals surface area (Å²) in [5.74, 6) is 1.31. The van der Waals surface area contributed by atoms with Crippen molar-refractivity contribution in [2.24, 2.45) is 10.8 Å². The second kappa shape index (κ2) is 16.3. The summed E-state index contributed by atoms with van der Waals surface area (Å²) in [6, 6.07) is 22.6. The predicted octanol–water partition coefficient (Wildman–Crippen LogP) is 12.2. The molecule has 53 heavy (non-hydrogen) atoms. The number of aliphatic hydroxyl groups is 1. The van der Waals surface area contributed by atoms with Gasteiger partial charge in [0.15, 0.2) is 5.78 Å². The molecule has 3 aromatic carbocycles. The van der Waals surface area contributed by atoms with Crippen LogP contribution in [0.4, 0.5) is 0 Å². The third-order valence-electron chi connectivity index (χ3n) is 11.3. The number of pyridine rings is 1. The van der Waals surface area contributed by atoms with Crippen LogP contribution in [0.1, 0.15) is 98.5 Å². The molecule has 0 atom stereocenters. The van der Waals surface area contributed by atoms with E-state index in [1.54, 1.807) is 0 Å². The number of hydrogen-bond acceptors (Lipinski definition) is 6. The van der Waals surface area contributed by atoms with E-state index < -0.39 is 8.07 Å². The van der Waals surface area contributed by atoms with E-state index in [4.69, 9.17) is 14.4 Å². The Morgan fingerprint density at radius 3 is 2.11 bits per heavy atom. The molecule has 6 aromatic rings. The van der Waals surface area contributed by atoms with Gasteiger partial charge in [0, 0.05) is 65.1 Å². The number of furan rings is 1. The zero-order chi connectivity index (χ0) is 38.2. The molecular weight excluding hydrogens is 851 g/mol. The standard InChI is InChI=1S/C30H28N3OSi.C15H28O2.Ir/c1-17(2)29-32-26(23-11-8-10-20-21-15-13-18(3)31-30(21)34-28(20)23)22-16-14-19-9-7-12-24(35(4,5)6)25(19)27(22)33-29;1-7-14(5,8-2)12(16)11-13(17)15(6,9-3)10-4;/h7-10,12-17H,1-6H3;11,16H,7-10H2,1-6H3;/q-1;;/b;12-11-;. The van der Waals surface area contributed by atoms with Crippen molar-refractivity contribution in [2.45, 2.75) is 114 Å². The summed E-state index contributed by atoms with van der Waals surface area (Å²) in [6.45, 7) is 25.5. The van der Waals surface area contributed by atoms with E-state index in [1.165, 1.54) is 22.0 Å². The van der Waals surface area contributed by atoms with Crippen molar-refractivity contribution in [3.63, 3.8) is 0 Å². The summed E-state index contributed by atoms with van der Waals surface area (Å²) in [5, 5.41) is 17.1. The fourth-order valence-corrected chi connectivity index (χ4v) is 8.24. The minimum atomic E-state index is -1.62. The largest absolute Gasteiger partial charge is 0.512 e. The van der Waals surface area contributed by atoms with Gasteiger partial charge in [-0.3, -0.25) is 9.78 Å². The molecule has 6 rings (SSSR count). The Hall–Kier alpha value is -3.71. The van der Waals surface area contributed by atoms with Gasteiger partial charge in [-0.15, -0.1) is 18.2 Å². The number of aryl methyl sites for hydroxylation is 1. The molecule has 6 nitrogen and oxygen atoms in total. The number of allylic oxidation sites excluding steroid dienone is 2. The van der Waals surface area contributed by atoms with Crippen LogP contribution >= 0.6 is 0 Å². The maximum absolute atomic E-state index is 12.2. The Kier molecular flexibility index (Phi) is 13.0. The van der Waals surface area contributed by atoms with Crippen molar-refractivity contribution in [2.75, 3.05) is 0 Å². The number of hydrogen-bond donors (Lipinski definition) is 1. The second-order valence-corrected chi connectivity index (χ2v) is 21.2. The Morgan fingerprint density at radius 1 is 0.868 bits per heavy atom. The number of nitrogens with zero attached hydrogens (tertiary/aromatic N) is 3. The van der Waals surface area contributed by atoms with Crippen molar-refractivity contribution in [1.29, 1.82) is 0 Å². The Bertz CT molecular complexity index is 2290. The Balaban J connectivity index is 0.000000299. The van der Waals surface area contributed by atoms with Gasteiger partial charge in [-0.05, 0) is 55.5 Å². The topological polar surface area (TPSA) is 89.1 Å². The van der Waals surface area contributed by atoms with Crippen molar-refractivity contribution in [3.8, 4) is 11.3 Å². The molecule has 1 N–H and O–H groups in total. The average molecular weight is 907 g/mol. The Morgan fingerprint density at radius 2 is 1.51 bits per heavy atom. The molecule has 283 valence electrons. The van der Waals surface area contributed by atoms with Gasteiger partial charge < -0.3 is 9.52 Å². The first-order valence-electron chi connectivity index (χ1n) is 18.9. The van der Waals surface area contributed by atoms with Crippen molar-refractivity contribution >= 4 is 62.8 Å². The number of aliphatic hydroxyl groups excluding tert-OH is 1. The zero-order valence-corrected chi connectivity index (χ0v) is 37.0. The van der Waals surface area contributed by atoms with Crippen molar-refractivity contribution in [1.82, 2.24) is 15.0 Å². The van der Waals surface area contributed by atoms with Gasteiger partial charge >= 0.3 is 0 Å². The molecule has 0 fully saturated rings. The monoisotopic (exact) mass is 907 g/mol. The Labute approximate surface area is 330 Å². The third kappa shape index (κ3) is 8.20. The number of aromatic nitrogens is 3. The fraction of sp³-hybridized carbons (Fsp3) is 0.422. The molecule has 0 amide bonds. The number of carbonyl (C=O) groups is 1. The van der Waals surface area contributed by atoms with E-state index in [0.29, 0.717) is 5.71 Å². The van der Waals surface area contributed by atoms with Crippen LogP contribution in [0.2, 0.25) is 19.6 Å². The van der Waals surface area contributed by atoms with Gasteiger partial charge in [-0.1, -0.05) is 121 Å². The van der Waals surface area contributed by atoms with Crippen LogP contribution in [0.3, 0.4) is 0 Å². The van der Waals surface area contributed by atoms with E-state index in [-0.39, 0.29) is 48.4 Å². The summed E-state index contributed by atoms with van der Waals surface area (Å²) in [4.78, 5) is 27.1. The third-order valence-corrected chi connectivity index (χ3v) is 13.4. The maximum atomic E-state index is 12.2. The van der Waals surface area contributed by atoms with Crippen LogP contribution < -0.4 is 5.19 Å². The molecule has 0 aliphatic rings. The molecule has 0 saturated heterocycles. The van der Waals surface area contributed by atoms with E-state index in [2.05, 4.69) is 80.9 Å². The van der Waals surface area contributed by atoms with Crippen LogP contribution in [0, 0.1) is 23.8 Å². The van der Waals surface area contributed by atoms with Gasteiger partial charge in [-0.2, -0.15) is 0 Å². The molecule has 0 aliphatic heterocycles. The molecule has 1 radical (unpaired) electrons. The molecule has 8 heteroatoms. The summed E-state index contributed by atoms with van der Waals surface area (Å²) in [5.41, 5.74) is 4.49. The van der Waals surface area contributed by atoms with Crippen LogP contribution in [-0.4, -0.2) is 33.9 Å². The van der Waals surface area contributed by atoms with Crippen LogP contribution in [0.25, 0.3) is 55.0 Å². The quantitative estimate of drug-likeness (QED) is 0.0484. The average Bonchev–Trinajstić information content (AvgIpc) is 3.50. The van der Waals surface area contributed by atoms with Gasteiger partial charge in [0.1, 0.15) is 11.6 Å². The molecule has 0 aliphatic carbocycles. The first kappa shape index (κ1) is 42.0. The molecule has 0 bridgehead atoms. The summed E-state index contributed by atoms with van der Waals surface area (Å²) >= 11 is 0. The number of rotatable bonds is 10. The first-order chi connectivity index (χ1) is 24.5. The minimum Gasteiger partial charge on any atom is -0.512 e. The number of carbonyl (C=O) groups excluding carboxylic acids is 1. The minimum absolute atomic E-state index is 0. The van der Waals surface area contributed by atoms with Gasteiger partial charge in [-0.25, -0.2) is 9.97 Å². The van der Waals surface area contributed by atoms with Crippen LogP contribution in [0.5, 0.6) is 0 Å². The van der Waals surface area contributed by atoms with E-state index in [9.17, 15) is 9.90 Å². The smallest absolute Gasteiger partial charge is 0.216 e. The number of fused-ring (bicyclic) bond motifs is 6. The fourth-order valence-electron chi connectivity index (χ4n) is 6.63. The molecule has 3 heterocycles. The molecule has 3 aromatic heterocycles. The summed E-state index contributed by atoms with van der Waals surface area (Å²) < 4.78 is 6.34. The molecule has 0 spiro atoms. The predicted molar refractivity (Wildman–Crippen MR) is 221 cm³/mol. The molecule has 0 unspecified atom stereocenters. The molecule has 0 saturated carbocycles. The van der Waals surface area contributed by atoms with Crippen LogP contribution in [0.15, 0.2) is 70.8 Å². The summed E-state index contributed by atoms with van der Waals surface area (Å²) in [6.07, 6.45) is 4.75. The summed E-state index contributed by atoms with van der Waals surface area (Å²) in [7, 11) is -1.62. The number of benzene rings is 3. The van der Waals surface area contributed by atoms with E-state index in [1.807, 2.05) is 66.7 Å². The zero-order valence-electron chi connectivity index (χ0n) is 33.6. The van der Waals surface area contributed by atoms with E-state index in [0.717, 1.165) is 75.7 Å². The van der Waals surface area contributed by atoms with E-state index >= 15 is 0 Å². The molecular formula is C45H56IrN3O3Si-. The van der Waals surface area contributed by atoms with Gasteiger partial charge in [0.25, 0.3) is 0 Å². The van der Waals surface area contributed by atoms with Gasteiger partial charge in [0.05, 0.1) is 19.2 Å². The number of ketones is 1. The van der Waals surface area contributed by atoms with Crippen LogP contribution in [-0.2, 0) is 24.9 Å².